The van der Waals surface area contributed by atoms with Gasteiger partial charge in [0.15, 0.2) is 0 Å². The summed E-state index contributed by atoms with van der Waals surface area (Å²) in [6, 6.07) is 8.20. The summed E-state index contributed by atoms with van der Waals surface area (Å²) in [5, 5.41) is 11.8. The Morgan fingerprint density at radius 1 is 1.24 bits per heavy atom. The number of nitrogens with one attached hydrogen (secondary N) is 1. The van der Waals surface area contributed by atoms with E-state index < -0.39 is 5.97 Å². The van der Waals surface area contributed by atoms with Gasteiger partial charge in [0.1, 0.15) is 0 Å². The molecule has 7 heteroatoms. The first-order valence-electron chi connectivity index (χ1n) is 8.51. The molecule has 0 aromatic heterocycles. The lowest BCUT2D eigenvalue weighted by atomic mass is 10.0. The van der Waals surface area contributed by atoms with E-state index in [1.165, 1.54) is 5.56 Å². The molecule has 6 nitrogen and oxygen atoms in total. The number of hydrogen-bond donors (Lipinski definition) is 2. The minimum atomic E-state index is -0.798. The molecule has 1 saturated heterocycles. The van der Waals surface area contributed by atoms with E-state index in [1.54, 1.807) is 0 Å². The molecule has 0 spiro atoms. The Balaban J connectivity index is 0.00000312. The van der Waals surface area contributed by atoms with Gasteiger partial charge in [-0.1, -0.05) is 19.1 Å². The van der Waals surface area contributed by atoms with Gasteiger partial charge < -0.3 is 10.4 Å². The number of carboxylic acids is 1. The molecule has 1 aromatic rings. The molecule has 0 radical (unpaired) electrons. The van der Waals surface area contributed by atoms with Crippen molar-refractivity contribution >= 4 is 30.0 Å². The van der Waals surface area contributed by atoms with Gasteiger partial charge in [-0.3, -0.25) is 19.4 Å². The van der Waals surface area contributed by atoms with Crippen LogP contribution in [0.25, 0.3) is 0 Å². The summed E-state index contributed by atoms with van der Waals surface area (Å²) >= 11 is 0. The van der Waals surface area contributed by atoms with E-state index in [9.17, 15) is 9.59 Å². The van der Waals surface area contributed by atoms with Crippen molar-refractivity contribution in [2.75, 3.05) is 38.5 Å². The fraction of sp³-hybridized carbons (Fsp3) is 0.556. The van der Waals surface area contributed by atoms with Crippen molar-refractivity contribution in [3.8, 4) is 0 Å². The van der Waals surface area contributed by atoms with Crippen LogP contribution in [0.4, 0.5) is 5.69 Å². The van der Waals surface area contributed by atoms with Crippen LogP contribution in [-0.4, -0.2) is 66.1 Å². The normalized spacial score (nSPS) is 15.6. The highest BCUT2D eigenvalue weighted by atomic mass is 35.5. The van der Waals surface area contributed by atoms with Crippen molar-refractivity contribution < 1.29 is 14.7 Å². The van der Waals surface area contributed by atoms with Crippen LogP contribution in [0.3, 0.4) is 0 Å². The van der Waals surface area contributed by atoms with Crippen LogP contribution in [0.1, 0.15) is 25.3 Å². The summed E-state index contributed by atoms with van der Waals surface area (Å²) < 4.78 is 0. The number of likely N-dealkylation sites (tertiary alicyclic amines) is 1. The molecule has 0 unspecified atom stereocenters. The Hall–Kier alpha value is -1.63. The van der Waals surface area contributed by atoms with Gasteiger partial charge in [0, 0.05) is 24.8 Å². The Morgan fingerprint density at radius 2 is 1.84 bits per heavy atom. The predicted molar refractivity (Wildman–Crippen MR) is 101 cm³/mol. The van der Waals surface area contributed by atoms with E-state index in [0.717, 1.165) is 38.0 Å². The number of nitrogens with zero attached hydrogens (tertiary/aromatic N) is 2. The maximum absolute atomic E-state index is 12.2. The Bertz CT molecular complexity index is 557. The molecule has 25 heavy (non-hydrogen) atoms. The highest BCUT2D eigenvalue weighted by Gasteiger charge is 2.24. The maximum atomic E-state index is 12.2. The fourth-order valence-corrected chi connectivity index (χ4v) is 3.09. The zero-order valence-corrected chi connectivity index (χ0v) is 15.7. The second-order valence-corrected chi connectivity index (χ2v) is 6.41. The van der Waals surface area contributed by atoms with Crippen LogP contribution in [0.15, 0.2) is 24.3 Å². The van der Waals surface area contributed by atoms with Crippen LogP contribution in [0, 0.1) is 0 Å². The second kappa shape index (κ2) is 10.4. The molecule has 2 N–H and O–H groups in total. The SMILES string of the molecule is CCc1ccc(NC(=O)CN2CCC(N(C)CC(=O)O)CC2)cc1.Cl. The summed E-state index contributed by atoms with van der Waals surface area (Å²) in [7, 11) is 1.85. The molecule has 1 aliphatic rings. The number of amides is 1. The van der Waals surface area contributed by atoms with Crippen molar-refractivity contribution in [3.63, 3.8) is 0 Å². The number of carbonyl (C=O) groups excluding carboxylic acids is 1. The second-order valence-electron chi connectivity index (χ2n) is 6.41. The van der Waals surface area contributed by atoms with E-state index in [1.807, 2.05) is 36.2 Å². The first-order chi connectivity index (χ1) is 11.5. The van der Waals surface area contributed by atoms with Crippen LogP contribution in [-0.2, 0) is 16.0 Å². The number of rotatable bonds is 7. The lowest BCUT2D eigenvalue weighted by Gasteiger charge is -2.35. The number of benzene rings is 1. The van der Waals surface area contributed by atoms with E-state index >= 15 is 0 Å². The number of anilines is 1. The van der Waals surface area contributed by atoms with Gasteiger partial charge in [-0.15, -0.1) is 12.4 Å². The van der Waals surface area contributed by atoms with Crippen LogP contribution in [0.2, 0.25) is 0 Å². The predicted octanol–water partition coefficient (Wildman–Crippen LogP) is 2.09. The van der Waals surface area contributed by atoms with Crippen molar-refractivity contribution in [2.24, 2.45) is 0 Å². The molecule has 2 rings (SSSR count). The minimum absolute atomic E-state index is 0. The summed E-state index contributed by atoms with van der Waals surface area (Å²) in [4.78, 5) is 26.9. The highest BCUT2D eigenvalue weighted by molar-refractivity contribution is 5.92. The van der Waals surface area contributed by atoms with Gasteiger partial charge in [-0.2, -0.15) is 0 Å². The molecule has 1 fully saturated rings. The Labute approximate surface area is 155 Å². The van der Waals surface area contributed by atoms with Crippen LogP contribution < -0.4 is 5.32 Å². The molecular formula is C18H28ClN3O3. The Morgan fingerprint density at radius 3 is 2.36 bits per heavy atom. The molecule has 0 saturated carbocycles. The van der Waals surface area contributed by atoms with Gasteiger partial charge in [0.2, 0.25) is 5.91 Å². The first-order valence-corrected chi connectivity index (χ1v) is 8.51. The summed E-state index contributed by atoms with van der Waals surface area (Å²) in [5.41, 5.74) is 2.08. The third-order valence-electron chi connectivity index (χ3n) is 4.58. The number of halogens is 1. The molecule has 1 aromatic carbocycles. The van der Waals surface area contributed by atoms with Crippen LogP contribution >= 0.6 is 12.4 Å². The zero-order chi connectivity index (χ0) is 17.5. The zero-order valence-electron chi connectivity index (χ0n) is 14.9. The van der Waals surface area contributed by atoms with E-state index in [2.05, 4.69) is 17.1 Å². The Kier molecular flexibility index (Phi) is 8.89. The van der Waals surface area contributed by atoms with Gasteiger partial charge in [0.25, 0.3) is 0 Å². The van der Waals surface area contributed by atoms with E-state index in [-0.39, 0.29) is 30.9 Å². The number of aliphatic carboxylic acids is 1. The molecular weight excluding hydrogens is 342 g/mol. The fourth-order valence-electron chi connectivity index (χ4n) is 3.09. The van der Waals surface area contributed by atoms with Crippen molar-refractivity contribution in [2.45, 2.75) is 32.2 Å². The smallest absolute Gasteiger partial charge is 0.317 e. The van der Waals surface area contributed by atoms with Crippen molar-refractivity contribution in [1.82, 2.24) is 9.80 Å². The number of carbonyl (C=O) groups is 2. The number of piperidine rings is 1. The molecule has 140 valence electrons. The molecule has 1 heterocycles. The largest absolute Gasteiger partial charge is 0.480 e. The molecule has 0 aliphatic carbocycles. The van der Waals surface area contributed by atoms with Gasteiger partial charge in [-0.05, 0) is 44.0 Å². The third kappa shape index (κ3) is 7.02. The topological polar surface area (TPSA) is 72.9 Å². The highest BCUT2D eigenvalue weighted by Crippen LogP contribution is 2.15. The quantitative estimate of drug-likeness (QED) is 0.770. The van der Waals surface area contributed by atoms with Crippen molar-refractivity contribution in [1.29, 1.82) is 0 Å². The lowest BCUT2D eigenvalue weighted by molar-refractivity contribution is -0.138. The van der Waals surface area contributed by atoms with Crippen LogP contribution in [0.5, 0.6) is 0 Å². The molecule has 1 amide bonds. The maximum Gasteiger partial charge on any atom is 0.317 e. The minimum Gasteiger partial charge on any atom is -0.480 e. The molecule has 0 atom stereocenters. The van der Waals surface area contributed by atoms with Gasteiger partial charge >= 0.3 is 5.97 Å². The number of carboxylic acid groups (broad SMARTS) is 1. The van der Waals surface area contributed by atoms with E-state index in [4.69, 9.17) is 5.11 Å². The standard InChI is InChI=1S/C18H27N3O3.ClH/c1-3-14-4-6-15(7-5-14)19-17(22)12-21-10-8-16(9-11-21)20(2)13-18(23)24;/h4-7,16H,3,8-13H2,1-2H3,(H,19,22)(H,23,24);1H. The van der Waals surface area contributed by atoms with E-state index in [0.29, 0.717) is 6.54 Å². The lowest BCUT2D eigenvalue weighted by Crippen LogP contribution is -2.46. The average molecular weight is 370 g/mol. The third-order valence-corrected chi connectivity index (χ3v) is 4.58. The monoisotopic (exact) mass is 369 g/mol. The summed E-state index contributed by atoms with van der Waals surface area (Å²) in [6.07, 6.45) is 2.77. The number of likely N-dealkylation sites (N-methyl/N-ethyl adjacent to an activating group) is 1. The summed E-state index contributed by atoms with van der Waals surface area (Å²) in [6.45, 7) is 4.18. The van der Waals surface area contributed by atoms with Crippen molar-refractivity contribution in [3.05, 3.63) is 29.8 Å². The first kappa shape index (κ1) is 21.4. The van der Waals surface area contributed by atoms with Gasteiger partial charge in [0.05, 0.1) is 13.1 Å². The van der Waals surface area contributed by atoms with Gasteiger partial charge in [-0.25, -0.2) is 0 Å². The summed E-state index contributed by atoms with van der Waals surface area (Å²) in [5.74, 6) is -0.801. The average Bonchev–Trinajstić information content (AvgIpc) is 2.55. The molecule has 1 aliphatic heterocycles. The number of aryl methyl sites for hydroxylation is 1. The molecule has 0 bridgehead atoms. The number of hydrogen-bond acceptors (Lipinski definition) is 4.